The van der Waals surface area contributed by atoms with E-state index in [1.165, 1.54) is 22.3 Å². The van der Waals surface area contributed by atoms with E-state index in [2.05, 4.69) is 62.7 Å². The van der Waals surface area contributed by atoms with E-state index in [1.54, 1.807) is 34.8 Å². The maximum atomic E-state index is 15.3. The lowest BCUT2D eigenvalue weighted by Gasteiger charge is -2.35. The van der Waals surface area contributed by atoms with Crippen molar-refractivity contribution < 1.29 is 38.5 Å². The fraction of sp³-hybridized carbons (Fsp3) is 0.478. The number of carbonyl (C=O) groups excluding carboxylic acids is 3. The molecule has 4 atom stereocenters. The third kappa shape index (κ3) is 16.5. The summed E-state index contributed by atoms with van der Waals surface area (Å²) >= 11 is 4.45. The Morgan fingerprint density at radius 3 is 2.37 bits per heavy atom. The van der Waals surface area contributed by atoms with Crippen molar-refractivity contribution in [1.29, 1.82) is 0 Å². The third-order valence-corrected chi connectivity index (χ3v) is 20.0. The van der Waals surface area contributed by atoms with Crippen molar-refractivity contribution in [2.24, 2.45) is 5.41 Å². The molecule has 19 nitrogen and oxygen atoms in total. The number of aliphatic hydroxyl groups excluding tert-OH is 1. The number of hydrogen-bond donors (Lipinski definition) is 5. The lowest BCUT2D eigenvalue weighted by atomic mass is 9.85. The number of β-amino-alcohol motifs (C(OH)–C–C–N with tert-alkyl or cyclic N) is 1. The molecule has 10 rings (SSSR count). The summed E-state index contributed by atoms with van der Waals surface area (Å²) in [6, 6.07) is 18.6. The minimum Gasteiger partial charge on any atom is -0.491 e. The van der Waals surface area contributed by atoms with Gasteiger partial charge in [-0.05, 0) is 113 Å². The van der Waals surface area contributed by atoms with Crippen molar-refractivity contribution in [3.05, 3.63) is 117 Å². The van der Waals surface area contributed by atoms with Gasteiger partial charge in [-0.3, -0.25) is 19.3 Å². The number of carboxylic acids is 1. The number of nitrogens with zero attached hydrogens (tertiary/aromatic N) is 9. The minimum absolute atomic E-state index is 0.00646. The average molecular weight is 1280 g/mol. The van der Waals surface area contributed by atoms with Crippen LogP contribution in [0.15, 0.2) is 72.2 Å². The largest absolute Gasteiger partial charge is 0.491 e. The molecule has 0 unspecified atom stereocenters. The van der Waals surface area contributed by atoms with E-state index in [0.717, 1.165) is 126 Å². The highest BCUT2D eigenvalue weighted by molar-refractivity contribution is 7.22. The smallest absolute Gasteiger partial charge is 0.355 e. The number of fused-ring (bicyclic) bond motifs is 2. The predicted octanol–water partition coefficient (Wildman–Crippen LogP) is 11.0. The first kappa shape index (κ1) is 65.5. The molecular weight excluding hydrogens is 1200 g/mol. The van der Waals surface area contributed by atoms with Crippen LogP contribution in [0.25, 0.3) is 20.7 Å². The quantitative estimate of drug-likeness (QED) is 0.0265. The van der Waals surface area contributed by atoms with Gasteiger partial charge < -0.3 is 45.6 Å². The zero-order valence-corrected chi connectivity index (χ0v) is 54.6. The normalized spacial score (nSPS) is 16.9. The number of para-hydroxylation sites is 1. The van der Waals surface area contributed by atoms with Crippen LogP contribution in [0.4, 0.5) is 26.3 Å². The Kier molecular flexibility index (Phi) is 21.9. The van der Waals surface area contributed by atoms with E-state index < -0.39 is 35.4 Å². The first-order chi connectivity index (χ1) is 43.4. The van der Waals surface area contributed by atoms with Crippen LogP contribution in [0, 0.1) is 36.9 Å². The molecule has 0 saturated carbocycles. The van der Waals surface area contributed by atoms with Crippen LogP contribution >= 0.6 is 34.0 Å². The van der Waals surface area contributed by atoms with Gasteiger partial charge >= 0.3 is 5.97 Å². The van der Waals surface area contributed by atoms with Crippen LogP contribution in [0.1, 0.15) is 141 Å². The number of unbranched alkanes of at least 4 members (excludes halogenated alkanes) is 5. The van der Waals surface area contributed by atoms with Crippen LogP contribution in [-0.2, 0) is 27.2 Å². The number of halogens is 1. The van der Waals surface area contributed by atoms with Gasteiger partial charge in [0.25, 0.3) is 0 Å². The van der Waals surface area contributed by atoms with E-state index in [4.69, 9.17) is 4.74 Å². The molecule has 23 heteroatoms. The van der Waals surface area contributed by atoms with Crippen LogP contribution in [0.2, 0.25) is 0 Å². The Bertz CT molecular complexity index is 3680. The molecule has 5 N–H and O–H groups in total. The number of ether oxygens (including phenoxy) is 1. The third-order valence-electron chi connectivity index (χ3n) is 17.0. The molecule has 3 aromatic carbocycles. The van der Waals surface area contributed by atoms with Gasteiger partial charge in [0, 0.05) is 73.7 Å². The zero-order valence-electron chi connectivity index (χ0n) is 52.2. The number of aromatic carboxylic acids is 1. The second-order valence-corrected chi connectivity index (χ2v) is 27.6. The molecule has 7 aromatic rings. The van der Waals surface area contributed by atoms with Gasteiger partial charge in [-0.25, -0.2) is 24.1 Å². The van der Waals surface area contributed by atoms with E-state index in [-0.39, 0.29) is 54.8 Å². The van der Waals surface area contributed by atoms with Crippen molar-refractivity contribution in [3.8, 4) is 28.0 Å². The van der Waals surface area contributed by atoms with E-state index in [0.29, 0.717) is 66.0 Å². The molecule has 90 heavy (non-hydrogen) atoms. The molecule has 3 aliphatic rings. The van der Waals surface area contributed by atoms with Crippen LogP contribution < -0.4 is 25.6 Å². The number of aliphatic hydroxyl groups is 1. The number of piperazine rings is 1. The topological polar surface area (TPSA) is 231 Å². The molecule has 0 radical (unpaired) electrons. The number of aromatic nitrogens is 5. The molecular formula is C67H81FN12O7S3. The second-order valence-electron chi connectivity index (χ2n) is 24.7. The number of hydrogen-bond acceptors (Lipinski definition) is 18. The first-order valence-electron chi connectivity index (χ1n) is 31.3. The number of carbonyl (C=O) groups is 4. The fourth-order valence-electron chi connectivity index (χ4n) is 11.8. The van der Waals surface area contributed by atoms with E-state index in [9.17, 15) is 29.4 Å². The predicted molar refractivity (Wildman–Crippen MR) is 353 cm³/mol. The molecule has 2 saturated heterocycles. The Morgan fingerprint density at radius 1 is 0.878 bits per heavy atom. The van der Waals surface area contributed by atoms with Gasteiger partial charge in [0.05, 0.1) is 51.6 Å². The monoisotopic (exact) mass is 1280 g/mol. The lowest BCUT2D eigenvalue weighted by molar-refractivity contribution is -0.144. The SMILES string of the molecule is Cc1ncsc1-c1ccc([C@H](C)NC(=O)[C@@H]2C[C@@H](O)CN2C(=O)[C@@H](NC(=O)CCCCCCCCN2CCN(CC#Cc3ccc(OCCCc4sc(N5CCCc6c5nnc(Nc5nc7ccccc7s5)c6C)nc4C(=O)O)c(F)c3)CC2)C(C)(C)C)cc1. The number of carboxylic acid groups (broad SMARTS) is 1. The minimum atomic E-state index is -1.11. The second kappa shape index (κ2) is 30.1. The number of amides is 3. The molecule has 0 spiro atoms. The molecule has 476 valence electrons. The number of likely N-dealkylation sites (tertiary alicyclic amines) is 1. The molecule has 7 heterocycles. The Hall–Kier alpha value is -7.46. The molecule has 4 aromatic heterocycles. The molecule has 0 aliphatic carbocycles. The standard InChI is InChI=1S/C67H81FN12O7S3/c1-42-49-19-16-32-79(61(49)76-75-60(42)74-65-71-51-20-12-13-21-54(51)89-65)66-73-57(64(85)86)55(90-66)22-17-37-87-53-29-24-45(38-50(53)68)18-15-31-78-35-33-77(34-36-78)30-14-10-8-7-9-11-23-56(82)72-59(67(4,5)6)63(84)80-40-48(81)39-52(80)62(83)70-43(2)46-25-27-47(28-26-46)58-44(3)69-41-88-58/h12-13,20-21,24-29,38,41,43,48,52,59,81H,7-11,14,16-17,19,22-23,30-37,39-40H2,1-6H3,(H,70,83)(H,72,82)(H,85,86)(H,71,74,75)/t43-,48+,52-,59+/m0/s1. The summed E-state index contributed by atoms with van der Waals surface area (Å²) < 4.78 is 22.2. The summed E-state index contributed by atoms with van der Waals surface area (Å²) in [6.45, 7) is 17.8. The van der Waals surface area contributed by atoms with Gasteiger partial charge in [-0.1, -0.05) is 106 Å². The Balaban J connectivity index is 0.587. The molecule has 3 amide bonds. The van der Waals surface area contributed by atoms with Gasteiger partial charge in [0.1, 0.15) is 12.1 Å². The number of nitrogens with one attached hydrogen (secondary N) is 3. The van der Waals surface area contributed by atoms with Gasteiger partial charge in [-0.15, -0.1) is 32.9 Å². The highest BCUT2D eigenvalue weighted by atomic mass is 32.1. The first-order valence-corrected chi connectivity index (χ1v) is 33.8. The van der Waals surface area contributed by atoms with Crippen molar-refractivity contribution in [2.45, 2.75) is 143 Å². The molecule has 3 aliphatic heterocycles. The van der Waals surface area contributed by atoms with Crippen LogP contribution in [0.3, 0.4) is 0 Å². The van der Waals surface area contributed by atoms with Gasteiger partial charge in [0.2, 0.25) is 17.7 Å². The highest BCUT2D eigenvalue weighted by Crippen LogP contribution is 2.40. The molecule has 0 bridgehead atoms. The average Bonchev–Trinajstić information content (AvgIpc) is 1.41. The van der Waals surface area contributed by atoms with Crippen LogP contribution in [0.5, 0.6) is 5.75 Å². The zero-order chi connectivity index (χ0) is 63.5. The van der Waals surface area contributed by atoms with Crippen molar-refractivity contribution in [2.75, 3.05) is 69.2 Å². The summed E-state index contributed by atoms with van der Waals surface area (Å²) in [4.78, 5) is 77.1. The van der Waals surface area contributed by atoms with Crippen molar-refractivity contribution in [3.63, 3.8) is 0 Å². The fourth-order valence-corrected chi connectivity index (χ4v) is 14.6. The maximum absolute atomic E-state index is 15.3. The number of anilines is 4. The number of rotatable bonds is 25. The summed E-state index contributed by atoms with van der Waals surface area (Å²) in [5.41, 5.74) is 7.60. The highest BCUT2D eigenvalue weighted by Gasteiger charge is 2.45. The Labute approximate surface area is 537 Å². The van der Waals surface area contributed by atoms with Crippen molar-refractivity contribution in [1.82, 2.24) is 50.5 Å². The summed E-state index contributed by atoms with van der Waals surface area (Å²) in [7, 11) is 0. The maximum Gasteiger partial charge on any atom is 0.355 e. The number of thiazole rings is 3. The van der Waals surface area contributed by atoms with Gasteiger partial charge in [-0.2, -0.15) is 0 Å². The van der Waals surface area contributed by atoms with E-state index in [1.807, 2.05) is 100 Å². The van der Waals surface area contributed by atoms with Gasteiger partial charge in [0.15, 0.2) is 39.2 Å². The Morgan fingerprint density at radius 2 is 1.63 bits per heavy atom. The van der Waals surface area contributed by atoms with Crippen LogP contribution in [-0.4, -0.2) is 151 Å². The summed E-state index contributed by atoms with van der Waals surface area (Å²) in [5.74, 6) is 5.24. The summed E-state index contributed by atoms with van der Waals surface area (Å²) in [5, 5.41) is 40.7. The van der Waals surface area contributed by atoms with E-state index >= 15 is 4.39 Å². The number of aryl methyl sites for hydroxylation is 2. The molecule has 2 fully saturated rings. The van der Waals surface area contributed by atoms with Crippen molar-refractivity contribution >= 4 is 89.8 Å². The summed E-state index contributed by atoms with van der Waals surface area (Å²) in [6.07, 6.45) is 7.99. The number of benzene rings is 3. The lowest BCUT2D eigenvalue weighted by Crippen LogP contribution is -2.57.